The minimum atomic E-state index is 0.774. The standard InChI is InChI=1S/C20H19ClN2/c1-23-10-8-14(9-11-23)17-12-15-4-2-3-5-19(15)22-20-7-6-16(21)13-18(17)20/h2-8,12-13,22H,9-11H2,1H3. The van der Waals surface area contributed by atoms with Crippen LogP contribution in [0, 0.1) is 0 Å². The summed E-state index contributed by atoms with van der Waals surface area (Å²) < 4.78 is 0. The van der Waals surface area contributed by atoms with Crippen molar-refractivity contribution in [1.29, 1.82) is 0 Å². The Bertz CT molecular complexity index is 820. The Morgan fingerprint density at radius 2 is 1.96 bits per heavy atom. The first-order valence-corrected chi connectivity index (χ1v) is 8.34. The summed E-state index contributed by atoms with van der Waals surface area (Å²) in [5.74, 6) is 0. The molecule has 4 rings (SSSR count). The second-order valence-corrected chi connectivity index (χ2v) is 6.64. The summed E-state index contributed by atoms with van der Waals surface area (Å²) >= 11 is 6.29. The van der Waals surface area contributed by atoms with Crippen molar-refractivity contribution in [3.63, 3.8) is 0 Å². The number of anilines is 2. The van der Waals surface area contributed by atoms with Gasteiger partial charge in [0, 0.05) is 35.1 Å². The molecule has 2 aromatic rings. The van der Waals surface area contributed by atoms with Crippen LogP contribution in [0.2, 0.25) is 5.02 Å². The van der Waals surface area contributed by atoms with E-state index in [2.05, 4.69) is 65.8 Å². The lowest BCUT2D eigenvalue weighted by molar-refractivity contribution is 0.362. The molecule has 2 aliphatic heterocycles. The van der Waals surface area contributed by atoms with Gasteiger partial charge in [-0.1, -0.05) is 35.9 Å². The van der Waals surface area contributed by atoms with Crippen molar-refractivity contribution in [2.24, 2.45) is 0 Å². The summed E-state index contributed by atoms with van der Waals surface area (Å²) in [6.07, 6.45) is 5.70. The van der Waals surface area contributed by atoms with Crippen LogP contribution in [0.1, 0.15) is 17.5 Å². The Morgan fingerprint density at radius 3 is 2.78 bits per heavy atom. The Balaban J connectivity index is 1.91. The molecule has 1 N–H and O–H groups in total. The number of halogens is 1. The number of hydrogen-bond donors (Lipinski definition) is 1. The molecule has 2 heterocycles. The van der Waals surface area contributed by atoms with Gasteiger partial charge in [-0.05, 0) is 60.5 Å². The van der Waals surface area contributed by atoms with Gasteiger partial charge in [0.1, 0.15) is 0 Å². The summed E-state index contributed by atoms with van der Waals surface area (Å²) in [5, 5.41) is 4.33. The van der Waals surface area contributed by atoms with Gasteiger partial charge in [-0.2, -0.15) is 0 Å². The molecule has 0 saturated heterocycles. The number of nitrogens with one attached hydrogen (secondary N) is 1. The minimum Gasteiger partial charge on any atom is -0.355 e. The Labute approximate surface area is 142 Å². The lowest BCUT2D eigenvalue weighted by Gasteiger charge is -2.24. The number of likely N-dealkylation sites (N-methyl/N-ethyl adjacent to an activating group) is 1. The van der Waals surface area contributed by atoms with Crippen LogP contribution in [0.3, 0.4) is 0 Å². The Hall–Kier alpha value is -2.03. The van der Waals surface area contributed by atoms with Gasteiger partial charge in [0.25, 0.3) is 0 Å². The maximum atomic E-state index is 6.29. The van der Waals surface area contributed by atoms with Crippen LogP contribution in [-0.4, -0.2) is 25.0 Å². The molecule has 3 heteroatoms. The van der Waals surface area contributed by atoms with Crippen LogP contribution in [0.4, 0.5) is 11.4 Å². The molecule has 0 fully saturated rings. The highest BCUT2D eigenvalue weighted by atomic mass is 35.5. The molecule has 23 heavy (non-hydrogen) atoms. The molecule has 0 atom stereocenters. The number of para-hydroxylation sites is 1. The highest BCUT2D eigenvalue weighted by Crippen LogP contribution is 2.40. The predicted octanol–water partition coefficient (Wildman–Crippen LogP) is 5.20. The van der Waals surface area contributed by atoms with Gasteiger partial charge < -0.3 is 10.2 Å². The summed E-state index contributed by atoms with van der Waals surface area (Å²) in [4.78, 5) is 2.34. The normalized spacial score (nSPS) is 17.3. The van der Waals surface area contributed by atoms with E-state index in [1.165, 1.54) is 22.3 Å². The van der Waals surface area contributed by atoms with Crippen LogP contribution in [0.15, 0.2) is 54.1 Å². The van der Waals surface area contributed by atoms with E-state index in [1.807, 2.05) is 6.07 Å². The Morgan fingerprint density at radius 1 is 1.09 bits per heavy atom. The van der Waals surface area contributed by atoms with E-state index in [0.717, 1.165) is 35.9 Å². The van der Waals surface area contributed by atoms with Crippen molar-refractivity contribution in [1.82, 2.24) is 4.90 Å². The molecule has 116 valence electrons. The van der Waals surface area contributed by atoms with Crippen molar-refractivity contribution >= 4 is 34.6 Å². The molecule has 0 unspecified atom stereocenters. The van der Waals surface area contributed by atoms with E-state index in [4.69, 9.17) is 11.6 Å². The van der Waals surface area contributed by atoms with Crippen molar-refractivity contribution in [3.8, 4) is 0 Å². The zero-order valence-corrected chi connectivity index (χ0v) is 13.9. The third kappa shape index (κ3) is 2.80. The third-order valence-electron chi connectivity index (χ3n) is 4.56. The average molecular weight is 323 g/mol. The summed E-state index contributed by atoms with van der Waals surface area (Å²) in [6, 6.07) is 14.5. The van der Waals surface area contributed by atoms with Gasteiger partial charge in [-0.15, -0.1) is 0 Å². The number of rotatable bonds is 1. The number of fused-ring (bicyclic) bond motifs is 2. The van der Waals surface area contributed by atoms with E-state index in [1.54, 1.807) is 0 Å². The smallest absolute Gasteiger partial charge is 0.0465 e. The SMILES string of the molecule is CN1CC=C(C2=Cc3ccccc3Nc3ccc(Cl)cc32)CC1. The molecule has 0 aromatic heterocycles. The van der Waals surface area contributed by atoms with E-state index in [-0.39, 0.29) is 0 Å². The van der Waals surface area contributed by atoms with Crippen molar-refractivity contribution in [2.45, 2.75) is 6.42 Å². The lowest BCUT2D eigenvalue weighted by Crippen LogP contribution is -2.24. The molecule has 0 saturated carbocycles. The molecule has 0 amide bonds. The Kier molecular flexibility index (Phi) is 3.72. The summed E-state index contributed by atoms with van der Waals surface area (Å²) in [7, 11) is 2.16. The fourth-order valence-electron chi connectivity index (χ4n) is 3.24. The topological polar surface area (TPSA) is 15.3 Å². The van der Waals surface area contributed by atoms with Crippen LogP contribution in [0.5, 0.6) is 0 Å². The second kappa shape index (κ2) is 5.88. The highest BCUT2D eigenvalue weighted by Gasteiger charge is 2.19. The van der Waals surface area contributed by atoms with E-state index in [0.29, 0.717) is 0 Å². The first-order chi connectivity index (χ1) is 11.2. The molecule has 0 radical (unpaired) electrons. The van der Waals surface area contributed by atoms with E-state index < -0.39 is 0 Å². The van der Waals surface area contributed by atoms with Gasteiger partial charge in [-0.25, -0.2) is 0 Å². The fraction of sp³-hybridized carbons (Fsp3) is 0.200. The largest absolute Gasteiger partial charge is 0.355 e. The van der Waals surface area contributed by atoms with Gasteiger partial charge in [0.05, 0.1) is 0 Å². The van der Waals surface area contributed by atoms with Gasteiger partial charge >= 0.3 is 0 Å². The van der Waals surface area contributed by atoms with Crippen LogP contribution < -0.4 is 5.32 Å². The molecule has 2 aromatic carbocycles. The van der Waals surface area contributed by atoms with Crippen LogP contribution in [0.25, 0.3) is 11.6 Å². The third-order valence-corrected chi connectivity index (χ3v) is 4.80. The predicted molar refractivity (Wildman–Crippen MR) is 99.2 cm³/mol. The molecule has 2 nitrogen and oxygen atoms in total. The number of hydrogen-bond acceptors (Lipinski definition) is 2. The molecular formula is C20H19ClN2. The quantitative estimate of drug-likeness (QED) is 0.776. The van der Waals surface area contributed by atoms with Crippen molar-refractivity contribution in [3.05, 3.63) is 70.3 Å². The molecule has 0 spiro atoms. The van der Waals surface area contributed by atoms with Crippen LogP contribution in [-0.2, 0) is 0 Å². The van der Waals surface area contributed by atoms with Crippen molar-refractivity contribution in [2.75, 3.05) is 25.5 Å². The maximum absolute atomic E-state index is 6.29. The van der Waals surface area contributed by atoms with Crippen LogP contribution >= 0.6 is 11.6 Å². The van der Waals surface area contributed by atoms with Gasteiger partial charge in [0.2, 0.25) is 0 Å². The lowest BCUT2D eigenvalue weighted by atomic mass is 9.91. The highest BCUT2D eigenvalue weighted by molar-refractivity contribution is 6.31. The summed E-state index contributed by atoms with van der Waals surface area (Å²) in [5.41, 5.74) is 7.35. The first kappa shape index (κ1) is 14.6. The fourth-order valence-corrected chi connectivity index (χ4v) is 3.42. The average Bonchev–Trinajstić information content (AvgIpc) is 2.72. The molecule has 0 aliphatic carbocycles. The zero-order valence-electron chi connectivity index (χ0n) is 13.1. The zero-order chi connectivity index (χ0) is 15.8. The van der Waals surface area contributed by atoms with Gasteiger partial charge in [-0.3, -0.25) is 0 Å². The molecular weight excluding hydrogens is 304 g/mol. The summed E-state index contributed by atoms with van der Waals surface area (Å²) in [6.45, 7) is 2.09. The number of nitrogens with zero attached hydrogens (tertiary/aromatic N) is 1. The van der Waals surface area contributed by atoms with E-state index in [9.17, 15) is 0 Å². The first-order valence-electron chi connectivity index (χ1n) is 7.96. The van der Waals surface area contributed by atoms with E-state index >= 15 is 0 Å². The number of benzene rings is 2. The minimum absolute atomic E-state index is 0.774. The molecule has 0 bridgehead atoms. The second-order valence-electron chi connectivity index (χ2n) is 6.20. The van der Waals surface area contributed by atoms with Crippen molar-refractivity contribution < 1.29 is 0 Å². The van der Waals surface area contributed by atoms with Gasteiger partial charge in [0.15, 0.2) is 0 Å². The maximum Gasteiger partial charge on any atom is 0.0465 e. The molecule has 2 aliphatic rings. The monoisotopic (exact) mass is 322 g/mol. The number of allylic oxidation sites excluding steroid dienone is 1.